The number of carbonyl (C=O) groups is 1. The lowest BCUT2D eigenvalue weighted by Gasteiger charge is -2.33. The molecule has 1 aliphatic rings. The first kappa shape index (κ1) is 15.9. The Morgan fingerprint density at radius 2 is 2.14 bits per heavy atom. The van der Waals surface area contributed by atoms with Gasteiger partial charge in [-0.1, -0.05) is 6.92 Å². The third-order valence-electron chi connectivity index (χ3n) is 3.56. The number of nitrogens with one attached hydrogen (secondary N) is 2. The van der Waals surface area contributed by atoms with Crippen molar-refractivity contribution in [3.8, 4) is 0 Å². The maximum atomic E-state index is 12.8. The van der Waals surface area contributed by atoms with Crippen LogP contribution in [0.1, 0.15) is 36.5 Å². The van der Waals surface area contributed by atoms with E-state index in [0.717, 1.165) is 32.1 Å². The van der Waals surface area contributed by atoms with E-state index in [0.29, 0.717) is 13.0 Å². The van der Waals surface area contributed by atoms with Crippen molar-refractivity contribution in [2.45, 2.75) is 37.3 Å². The van der Waals surface area contributed by atoms with E-state index in [1.165, 1.54) is 4.31 Å². The normalized spacial score (nSPS) is 17.2. The van der Waals surface area contributed by atoms with E-state index in [2.05, 4.69) is 15.5 Å². The van der Waals surface area contributed by atoms with Crippen LogP contribution in [0.25, 0.3) is 0 Å². The number of aromatic nitrogens is 2. The molecule has 0 saturated carbocycles. The van der Waals surface area contributed by atoms with Gasteiger partial charge in [0.05, 0.1) is 6.20 Å². The van der Waals surface area contributed by atoms with E-state index < -0.39 is 16.0 Å². The standard InChI is InChI=1S/C12H20N4O4S/c1-2-7-16(9-3-5-13-6-4-9)21(19,20)11-10(12(17)18)8-14-15-11/h8-9,13H,2-7H2,1H3,(H,14,15)(H,17,18). The van der Waals surface area contributed by atoms with Crippen LogP contribution in [0, 0.1) is 0 Å². The molecule has 9 heteroatoms. The molecule has 0 radical (unpaired) electrons. The summed E-state index contributed by atoms with van der Waals surface area (Å²) in [4.78, 5) is 11.1. The third kappa shape index (κ3) is 3.25. The lowest BCUT2D eigenvalue weighted by molar-refractivity contribution is 0.0692. The second-order valence-electron chi connectivity index (χ2n) is 5.01. The van der Waals surface area contributed by atoms with Crippen molar-refractivity contribution >= 4 is 16.0 Å². The molecule has 0 atom stereocenters. The average molecular weight is 316 g/mol. The molecule has 1 saturated heterocycles. The van der Waals surface area contributed by atoms with Crippen molar-refractivity contribution in [3.05, 3.63) is 11.8 Å². The number of carboxylic acid groups (broad SMARTS) is 1. The van der Waals surface area contributed by atoms with Gasteiger partial charge >= 0.3 is 5.97 Å². The number of aromatic amines is 1. The molecular formula is C12H20N4O4S. The summed E-state index contributed by atoms with van der Waals surface area (Å²) in [5.74, 6) is -1.30. The maximum absolute atomic E-state index is 12.8. The van der Waals surface area contributed by atoms with Gasteiger partial charge in [-0.25, -0.2) is 13.2 Å². The lowest BCUT2D eigenvalue weighted by Crippen LogP contribution is -2.46. The van der Waals surface area contributed by atoms with Gasteiger partial charge in [0.1, 0.15) is 5.56 Å². The molecule has 0 unspecified atom stereocenters. The number of carboxylic acids is 1. The molecule has 3 N–H and O–H groups in total. The number of aromatic carboxylic acids is 1. The van der Waals surface area contributed by atoms with Crippen molar-refractivity contribution in [2.75, 3.05) is 19.6 Å². The predicted molar refractivity (Wildman–Crippen MR) is 75.6 cm³/mol. The van der Waals surface area contributed by atoms with Crippen LogP contribution in [0.15, 0.2) is 11.2 Å². The van der Waals surface area contributed by atoms with E-state index in [1.807, 2.05) is 6.92 Å². The summed E-state index contributed by atoms with van der Waals surface area (Å²) < 4.78 is 27.0. The summed E-state index contributed by atoms with van der Waals surface area (Å²) in [7, 11) is -3.89. The molecule has 1 aromatic heterocycles. The highest BCUT2D eigenvalue weighted by Gasteiger charge is 2.35. The molecule has 0 aromatic carbocycles. The summed E-state index contributed by atoms with van der Waals surface area (Å²) >= 11 is 0. The van der Waals surface area contributed by atoms with Crippen LogP contribution in [-0.2, 0) is 10.0 Å². The van der Waals surface area contributed by atoms with Crippen LogP contribution < -0.4 is 5.32 Å². The highest BCUT2D eigenvalue weighted by Crippen LogP contribution is 2.23. The zero-order chi connectivity index (χ0) is 15.5. The SMILES string of the molecule is CCCN(C1CCNCC1)S(=O)(=O)c1[nH]ncc1C(=O)O. The second kappa shape index (κ2) is 6.54. The number of hydrogen-bond acceptors (Lipinski definition) is 5. The fourth-order valence-corrected chi connectivity index (χ4v) is 4.40. The Hall–Kier alpha value is -1.45. The van der Waals surface area contributed by atoms with E-state index in [9.17, 15) is 13.2 Å². The van der Waals surface area contributed by atoms with E-state index in [-0.39, 0.29) is 16.6 Å². The molecule has 2 rings (SSSR count). The van der Waals surface area contributed by atoms with Gasteiger partial charge in [-0.2, -0.15) is 9.40 Å². The second-order valence-corrected chi connectivity index (χ2v) is 6.84. The Morgan fingerprint density at radius 1 is 1.48 bits per heavy atom. The smallest absolute Gasteiger partial charge is 0.340 e. The molecule has 8 nitrogen and oxygen atoms in total. The Bertz CT molecular complexity index is 592. The third-order valence-corrected chi connectivity index (χ3v) is 5.49. The van der Waals surface area contributed by atoms with Crippen LogP contribution in [0.4, 0.5) is 0 Å². The number of H-pyrrole nitrogens is 1. The molecule has 0 aliphatic carbocycles. The van der Waals surface area contributed by atoms with Gasteiger partial charge in [-0.15, -0.1) is 0 Å². The van der Waals surface area contributed by atoms with Crippen LogP contribution in [0.3, 0.4) is 0 Å². The minimum Gasteiger partial charge on any atom is -0.478 e. The van der Waals surface area contributed by atoms with Crippen LogP contribution in [0.5, 0.6) is 0 Å². The Morgan fingerprint density at radius 3 is 2.71 bits per heavy atom. The number of sulfonamides is 1. The van der Waals surface area contributed by atoms with Gasteiger partial charge < -0.3 is 10.4 Å². The van der Waals surface area contributed by atoms with Crippen LogP contribution >= 0.6 is 0 Å². The van der Waals surface area contributed by atoms with Crippen molar-refractivity contribution < 1.29 is 18.3 Å². The molecule has 118 valence electrons. The predicted octanol–water partition coefficient (Wildman–Crippen LogP) is 0.261. The van der Waals surface area contributed by atoms with Gasteiger partial charge in [0.25, 0.3) is 10.0 Å². The molecule has 1 aliphatic heterocycles. The molecule has 21 heavy (non-hydrogen) atoms. The molecule has 1 fully saturated rings. The van der Waals surface area contributed by atoms with E-state index in [4.69, 9.17) is 5.11 Å². The van der Waals surface area contributed by atoms with Crippen molar-refractivity contribution in [2.24, 2.45) is 0 Å². The average Bonchev–Trinajstić information content (AvgIpc) is 2.96. The zero-order valence-electron chi connectivity index (χ0n) is 11.9. The van der Waals surface area contributed by atoms with Crippen molar-refractivity contribution in [3.63, 3.8) is 0 Å². The van der Waals surface area contributed by atoms with Crippen molar-refractivity contribution in [1.82, 2.24) is 19.8 Å². The van der Waals surface area contributed by atoms with E-state index >= 15 is 0 Å². The Balaban J connectivity index is 2.37. The number of rotatable bonds is 6. The topological polar surface area (TPSA) is 115 Å². The van der Waals surface area contributed by atoms with Gasteiger partial charge in [0.15, 0.2) is 5.03 Å². The first-order valence-corrected chi connectivity index (χ1v) is 8.41. The van der Waals surface area contributed by atoms with E-state index in [1.54, 1.807) is 0 Å². The minimum absolute atomic E-state index is 0.110. The molecule has 0 amide bonds. The van der Waals surface area contributed by atoms with Crippen LogP contribution in [-0.4, -0.2) is 59.7 Å². The zero-order valence-corrected chi connectivity index (χ0v) is 12.7. The molecule has 0 spiro atoms. The first-order chi connectivity index (χ1) is 9.98. The van der Waals surface area contributed by atoms with Crippen molar-refractivity contribution in [1.29, 1.82) is 0 Å². The monoisotopic (exact) mass is 316 g/mol. The van der Waals surface area contributed by atoms with Crippen LogP contribution in [0.2, 0.25) is 0 Å². The van der Waals surface area contributed by atoms with Gasteiger partial charge in [0.2, 0.25) is 0 Å². The molecule has 1 aromatic rings. The number of nitrogens with zero attached hydrogens (tertiary/aromatic N) is 2. The highest BCUT2D eigenvalue weighted by atomic mass is 32.2. The number of hydrogen-bond donors (Lipinski definition) is 3. The van der Waals surface area contributed by atoms with Gasteiger partial charge in [-0.3, -0.25) is 5.10 Å². The maximum Gasteiger partial charge on any atom is 0.340 e. The highest BCUT2D eigenvalue weighted by molar-refractivity contribution is 7.89. The summed E-state index contributed by atoms with van der Waals surface area (Å²) in [6.07, 6.45) is 3.13. The fraction of sp³-hybridized carbons (Fsp3) is 0.667. The lowest BCUT2D eigenvalue weighted by atomic mass is 10.1. The number of piperidine rings is 1. The Kier molecular flexibility index (Phi) is 4.96. The molecule has 2 heterocycles. The minimum atomic E-state index is -3.89. The summed E-state index contributed by atoms with van der Waals surface area (Å²) in [5.41, 5.74) is -0.315. The summed E-state index contributed by atoms with van der Waals surface area (Å²) in [6, 6.07) is -0.110. The first-order valence-electron chi connectivity index (χ1n) is 6.97. The summed E-state index contributed by atoms with van der Waals surface area (Å²) in [6.45, 7) is 3.78. The quantitative estimate of drug-likeness (QED) is 0.693. The summed E-state index contributed by atoms with van der Waals surface area (Å²) in [5, 5.41) is 17.8. The van der Waals surface area contributed by atoms with Gasteiger partial charge in [0, 0.05) is 12.6 Å². The fourth-order valence-electron chi connectivity index (χ4n) is 2.55. The molecular weight excluding hydrogens is 296 g/mol. The largest absolute Gasteiger partial charge is 0.478 e. The molecule has 0 bridgehead atoms. The van der Waals surface area contributed by atoms with Gasteiger partial charge in [-0.05, 0) is 32.4 Å². The Labute approximate surface area is 123 Å².